The molecule has 16 heavy (non-hydrogen) atoms. The van der Waals surface area contributed by atoms with Gasteiger partial charge in [0.15, 0.2) is 0 Å². The lowest BCUT2D eigenvalue weighted by molar-refractivity contribution is 0.252. The molecule has 2 amide bonds. The van der Waals surface area contributed by atoms with E-state index in [1.54, 1.807) is 12.1 Å². The minimum atomic E-state index is -0.199. The smallest absolute Gasteiger partial charge is 0.319 e. The normalized spacial score (nSPS) is 9.25. The van der Waals surface area contributed by atoms with Gasteiger partial charge in [-0.15, -0.1) is 0 Å². The standard InChI is InChI=1S/C12H15N3O/c1-2-9-14-12(16)15-11-5-3-10(4-6-11)7-8-13/h3-6H,2,7,9H2,1H3,(H2,14,15,16). The molecule has 2 N–H and O–H groups in total. The van der Waals surface area contributed by atoms with Crippen molar-refractivity contribution in [3.63, 3.8) is 0 Å². The van der Waals surface area contributed by atoms with Crippen LogP contribution >= 0.6 is 0 Å². The molecule has 0 aliphatic carbocycles. The van der Waals surface area contributed by atoms with Crippen LogP contribution in [-0.4, -0.2) is 12.6 Å². The van der Waals surface area contributed by atoms with Crippen molar-refractivity contribution in [1.29, 1.82) is 5.26 Å². The van der Waals surface area contributed by atoms with Crippen molar-refractivity contribution < 1.29 is 4.79 Å². The van der Waals surface area contributed by atoms with E-state index < -0.39 is 0 Å². The van der Waals surface area contributed by atoms with Crippen LogP contribution in [0.25, 0.3) is 0 Å². The van der Waals surface area contributed by atoms with Crippen LogP contribution in [0.1, 0.15) is 18.9 Å². The molecule has 0 saturated carbocycles. The zero-order valence-corrected chi connectivity index (χ0v) is 9.29. The van der Waals surface area contributed by atoms with Crippen molar-refractivity contribution in [2.24, 2.45) is 0 Å². The second-order valence-electron chi connectivity index (χ2n) is 3.41. The number of nitrogens with one attached hydrogen (secondary N) is 2. The molecule has 0 saturated heterocycles. The summed E-state index contributed by atoms with van der Waals surface area (Å²) in [4.78, 5) is 11.3. The third-order valence-electron chi connectivity index (χ3n) is 2.03. The Morgan fingerprint density at radius 3 is 2.62 bits per heavy atom. The Hall–Kier alpha value is -2.02. The predicted molar refractivity (Wildman–Crippen MR) is 63.1 cm³/mol. The fourth-order valence-electron chi connectivity index (χ4n) is 1.21. The van der Waals surface area contributed by atoms with Gasteiger partial charge in [-0.1, -0.05) is 19.1 Å². The summed E-state index contributed by atoms with van der Waals surface area (Å²) in [5.41, 5.74) is 1.68. The van der Waals surface area contributed by atoms with Gasteiger partial charge < -0.3 is 10.6 Å². The van der Waals surface area contributed by atoms with E-state index in [0.717, 1.165) is 17.7 Å². The first-order chi connectivity index (χ1) is 7.76. The van der Waals surface area contributed by atoms with E-state index in [4.69, 9.17) is 5.26 Å². The SMILES string of the molecule is CCCNC(=O)Nc1ccc(CC#N)cc1. The molecule has 1 aromatic rings. The summed E-state index contributed by atoms with van der Waals surface area (Å²) >= 11 is 0. The highest BCUT2D eigenvalue weighted by Crippen LogP contribution is 2.09. The largest absolute Gasteiger partial charge is 0.338 e. The lowest BCUT2D eigenvalue weighted by Crippen LogP contribution is -2.29. The van der Waals surface area contributed by atoms with Crippen LogP contribution in [0.3, 0.4) is 0 Å². The Morgan fingerprint density at radius 2 is 2.06 bits per heavy atom. The number of benzene rings is 1. The molecule has 0 unspecified atom stereocenters. The average Bonchev–Trinajstić information content (AvgIpc) is 2.29. The third kappa shape index (κ3) is 4.01. The molecule has 0 aromatic heterocycles. The van der Waals surface area contributed by atoms with E-state index in [1.165, 1.54) is 0 Å². The van der Waals surface area contributed by atoms with E-state index in [1.807, 2.05) is 19.1 Å². The molecule has 84 valence electrons. The number of nitriles is 1. The molecule has 4 heteroatoms. The van der Waals surface area contributed by atoms with E-state index in [0.29, 0.717) is 13.0 Å². The highest BCUT2D eigenvalue weighted by molar-refractivity contribution is 5.89. The number of carbonyl (C=O) groups excluding carboxylic acids is 1. The summed E-state index contributed by atoms with van der Waals surface area (Å²) < 4.78 is 0. The Morgan fingerprint density at radius 1 is 1.38 bits per heavy atom. The Labute approximate surface area is 95.3 Å². The van der Waals surface area contributed by atoms with Crippen LogP contribution in [-0.2, 0) is 6.42 Å². The molecule has 0 aliphatic rings. The van der Waals surface area contributed by atoms with Crippen molar-refractivity contribution in [3.05, 3.63) is 29.8 Å². The first-order valence-corrected chi connectivity index (χ1v) is 5.27. The number of carbonyl (C=O) groups is 1. The van der Waals surface area contributed by atoms with E-state index >= 15 is 0 Å². The topological polar surface area (TPSA) is 64.9 Å². The molecule has 0 radical (unpaired) electrons. The third-order valence-corrected chi connectivity index (χ3v) is 2.03. The number of nitrogens with zero attached hydrogens (tertiary/aromatic N) is 1. The maximum Gasteiger partial charge on any atom is 0.319 e. The second kappa shape index (κ2) is 6.46. The van der Waals surface area contributed by atoms with Gasteiger partial charge in [-0.05, 0) is 24.1 Å². The first-order valence-electron chi connectivity index (χ1n) is 5.27. The lowest BCUT2D eigenvalue weighted by atomic mass is 10.1. The maximum absolute atomic E-state index is 11.3. The number of urea groups is 1. The Balaban J connectivity index is 2.49. The van der Waals surface area contributed by atoms with Gasteiger partial charge in [0.05, 0.1) is 12.5 Å². The van der Waals surface area contributed by atoms with E-state index in [-0.39, 0.29) is 6.03 Å². The van der Waals surface area contributed by atoms with Crippen molar-refractivity contribution in [2.75, 3.05) is 11.9 Å². The summed E-state index contributed by atoms with van der Waals surface area (Å²) in [6.07, 6.45) is 1.30. The van der Waals surface area contributed by atoms with Crippen LogP contribution < -0.4 is 10.6 Å². The fraction of sp³-hybridized carbons (Fsp3) is 0.333. The van der Waals surface area contributed by atoms with Gasteiger partial charge in [0, 0.05) is 12.2 Å². The Bertz CT molecular complexity index is 378. The van der Waals surface area contributed by atoms with E-state index in [9.17, 15) is 4.79 Å². The molecule has 0 spiro atoms. The summed E-state index contributed by atoms with van der Waals surface area (Å²) in [6.45, 7) is 2.66. The van der Waals surface area contributed by atoms with Gasteiger partial charge in [-0.25, -0.2) is 4.79 Å². The van der Waals surface area contributed by atoms with Crippen molar-refractivity contribution >= 4 is 11.7 Å². The quantitative estimate of drug-likeness (QED) is 0.812. The highest BCUT2D eigenvalue weighted by Gasteiger charge is 1.99. The summed E-state index contributed by atoms with van der Waals surface area (Å²) in [5, 5.41) is 13.9. The van der Waals surface area contributed by atoms with Gasteiger partial charge in [0.2, 0.25) is 0 Å². The minimum absolute atomic E-state index is 0.199. The first kappa shape index (κ1) is 12.1. The molecular formula is C12H15N3O. The van der Waals surface area contributed by atoms with Gasteiger partial charge in [-0.2, -0.15) is 5.26 Å². The summed E-state index contributed by atoms with van der Waals surface area (Å²) in [6, 6.07) is 9.12. The van der Waals surface area contributed by atoms with Crippen LogP contribution in [0.2, 0.25) is 0 Å². The van der Waals surface area contributed by atoms with Crippen LogP contribution in [0, 0.1) is 11.3 Å². The molecule has 1 aromatic carbocycles. The lowest BCUT2D eigenvalue weighted by Gasteiger charge is -2.06. The summed E-state index contributed by atoms with van der Waals surface area (Å²) in [5.74, 6) is 0. The predicted octanol–water partition coefficient (Wildman–Crippen LogP) is 2.28. The number of hydrogen-bond acceptors (Lipinski definition) is 2. The zero-order chi connectivity index (χ0) is 11.8. The molecule has 0 aliphatic heterocycles. The van der Waals surface area contributed by atoms with Crippen LogP contribution in [0.5, 0.6) is 0 Å². The number of anilines is 1. The number of rotatable bonds is 4. The van der Waals surface area contributed by atoms with Crippen LogP contribution in [0.15, 0.2) is 24.3 Å². The molecule has 0 bridgehead atoms. The van der Waals surface area contributed by atoms with Gasteiger partial charge in [-0.3, -0.25) is 0 Å². The zero-order valence-electron chi connectivity index (χ0n) is 9.29. The Kier molecular flexibility index (Phi) is 4.87. The fourth-order valence-corrected chi connectivity index (χ4v) is 1.21. The van der Waals surface area contributed by atoms with Gasteiger partial charge in [0.25, 0.3) is 0 Å². The number of hydrogen-bond donors (Lipinski definition) is 2. The van der Waals surface area contributed by atoms with Gasteiger partial charge in [0.1, 0.15) is 0 Å². The summed E-state index contributed by atoms with van der Waals surface area (Å²) in [7, 11) is 0. The molecule has 1 rings (SSSR count). The van der Waals surface area contributed by atoms with Crippen molar-refractivity contribution in [1.82, 2.24) is 5.32 Å². The molecule has 0 atom stereocenters. The van der Waals surface area contributed by atoms with Crippen molar-refractivity contribution in [2.45, 2.75) is 19.8 Å². The maximum atomic E-state index is 11.3. The molecule has 4 nitrogen and oxygen atoms in total. The highest BCUT2D eigenvalue weighted by atomic mass is 16.2. The second-order valence-corrected chi connectivity index (χ2v) is 3.41. The monoisotopic (exact) mass is 217 g/mol. The molecule has 0 heterocycles. The minimum Gasteiger partial charge on any atom is -0.338 e. The molecular weight excluding hydrogens is 202 g/mol. The van der Waals surface area contributed by atoms with Crippen molar-refractivity contribution in [3.8, 4) is 6.07 Å². The number of amides is 2. The van der Waals surface area contributed by atoms with Crippen LogP contribution in [0.4, 0.5) is 10.5 Å². The average molecular weight is 217 g/mol. The van der Waals surface area contributed by atoms with Gasteiger partial charge >= 0.3 is 6.03 Å². The molecule has 0 fully saturated rings. The van der Waals surface area contributed by atoms with E-state index in [2.05, 4.69) is 16.7 Å².